The highest BCUT2D eigenvalue weighted by Gasteiger charge is 2.07. The van der Waals surface area contributed by atoms with Crippen LogP contribution in [-0.2, 0) is 0 Å². The summed E-state index contributed by atoms with van der Waals surface area (Å²) in [4.78, 5) is 0. The maximum atomic E-state index is 13.6. The molecule has 2 aromatic rings. The Morgan fingerprint density at radius 1 is 1.11 bits per heavy atom. The number of benzene rings is 2. The first kappa shape index (κ1) is 12.3. The largest absolute Gasteiger partial charge is 0.206 e. The lowest BCUT2D eigenvalue weighted by molar-refractivity contribution is 0.624. The van der Waals surface area contributed by atoms with Crippen molar-refractivity contribution in [3.05, 3.63) is 70.5 Å². The molecule has 1 nitrogen and oxygen atoms in total. The van der Waals surface area contributed by atoms with Crippen molar-refractivity contribution in [2.75, 3.05) is 0 Å². The summed E-state index contributed by atoms with van der Waals surface area (Å²) in [6.07, 6.45) is 1.58. The third-order valence-corrected chi connectivity index (χ3v) is 2.83. The van der Waals surface area contributed by atoms with Gasteiger partial charge >= 0.3 is 0 Å². The van der Waals surface area contributed by atoms with Crippen LogP contribution in [0.4, 0.5) is 4.39 Å². The summed E-state index contributed by atoms with van der Waals surface area (Å²) in [6, 6.07) is 15.3. The molecule has 0 aliphatic rings. The van der Waals surface area contributed by atoms with Crippen molar-refractivity contribution in [2.24, 2.45) is 0 Å². The highest BCUT2D eigenvalue weighted by Crippen LogP contribution is 2.24. The Labute approximate surface area is 110 Å². The fourth-order valence-electron chi connectivity index (χ4n) is 1.60. The molecule has 0 spiro atoms. The van der Waals surface area contributed by atoms with E-state index in [2.05, 4.69) is 0 Å². The average Bonchev–Trinajstić information content (AvgIpc) is 2.39. The fraction of sp³-hybridized carbons (Fsp3) is 0. The molecule has 2 aromatic carbocycles. The van der Waals surface area contributed by atoms with Gasteiger partial charge < -0.3 is 0 Å². The summed E-state index contributed by atoms with van der Waals surface area (Å²) >= 11 is 6.00. The minimum atomic E-state index is -0.419. The van der Waals surface area contributed by atoms with E-state index in [1.165, 1.54) is 6.07 Å². The van der Waals surface area contributed by atoms with Crippen molar-refractivity contribution in [3.63, 3.8) is 0 Å². The number of halogens is 2. The number of rotatable bonds is 2. The first-order valence-corrected chi connectivity index (χ1v) is 5.71. The quantitative estimate of drug-likeness (QED) is 0.572. The maximum absolute atomic E-state index is 13.6. The molecule has 0 saturated carbocycles. The minimum Gasteiger partial charge on any atom is -0.206 e. The molecule has 0 atom stereocenters. The van der Waals surface area contributed by atoms with Gasteiger partial charge in [0, 0.05) is 10.6 Å². The van der Waals surface area contributed by atoms with Crippen molar-refractivity contribution in [2.45, 2.75) is 0 Å². The molecule has 18 heavy (non-hydrogen) atoms. The van der Waals surface area contributed by atoms with Crippen LogP contribution in [0.3, 0.4) is 0 Å². The summed E-state index contributed by atoms with van der Waals surface area (Å²) in [6.45, 7) is 0. The number of nitriles is 1. The van der Waals surface area contributed by atoms with Crippen molar-refractivity contribution in [1.29, 1.82) is 5.26 Å². The van der Waals surface area contributed by atoms with Gasteiger partial charge in [-0.1, -0.05) is 48.0 Å². The summed E-state index contributed by atoms with van der Waals surface area (Å²) in [7, 11) is 0. The van der Waals surface area contributed by atoms with Crippen molar-refractivity contribution in [1.82, 2.24) is 0 Å². The zero-order valence-electron chi connectivity index (χ0n) is 9.40. The first-order chi connectivity index (χ1) is 8.72. The first-order valence-electron chi connectivity index (χ1n) is 5.33. The molecule has 0 bridgehead atoms. The molecular formula is C15H9ClFN. The standard InChI is InChI=1S/C15H9ClFN/c16-14-7-3-1-5-11(14)9-12(10-18)13-6-2-4-8-15(13)17/h1-9H/b12-9-. The Balaban J connectivity index is 2.52. The molecule has 0 amide bonds. The molecule has 0 N–H and O–H groups in total. The second-order valence-electron chi connectivity index (χ2n) is 3.67. The topological polar surface area (TPSA) is 23.8 Å². The Morgan fingerprint density at radius 2 is 1.78 bits per heavy atom. The smallest absolute Gasteiger partial charge is 0.131 e. The third kappa shape index (κ3) is 2.58. The molecular weight excluding hydrogens is 249 g/mol. The molecule has 0 aliphatic heterocycles. The van der Waals surface area contributed by atoms with E-state index >= 15 is 0 Å². The average molecular weight is 258 g/mol. The second kappa shape index (κ2) is 5.48. The SMILES string of the molecule is N#C/C(=C/c1ccccc1Cl)c1ccccc1F. The fourth-order valence-corrected chi connectivity index (χ4v) is 1.79. The van der Waals surface area contributed by atoms with Gasteiger partial charge in [-0.05, 0) is 23.8 Å². The predicted octanol–water partition coefficient (Wildman–Crippen LogP) is 4.54. The normalized spacial score (nSPS) is 11.1. The van der Waals surface area contributed by atoms with Gasteiger partial charge in [0.05, 0.1) is 11.6 Å². The highest BCUT2D eigenvalue weighted by atomic mass is 35.5. The summed E-state index contributed by atoms with van der Waals surface area (Å²) in [5.74, 6) is -0.419. The molecule has 2 rings (SSSR count). The zero-order chi connectivity index (χ0) is 13.0. The molecule has 0 aliphatic carbocycles. The van der Waals surface area contributed by atoms with Crippen LogP contribution in [0.2, 0.25) is 5.02 Å². The second-order valence-corrected chi connectivity index (χ2v) is 4.08. The van der Waals surface area contributed by atoms with E-state index in [4.69, 9.17) is 16.9 Å². The third-order valence-electron chi connectivity index (χ3n) is 2.49. The Bertz CT molecular complexity index is 641. The molecule has 0 aromatic heterocycles. The van der Waals surface area contributed by atoms with Gasteiger partial charge in [0.1, 0.15) is 5.82 Å². The van der Waals surface area contributed by atoms with Gasteiger partial charge in [-0.15, -0.1) is 0 Å². The minimum absolute atomic E-state index is 0.251. The van der Waals surface area contributed by atoms with Gasteiger partial charge in [-0.2, -0.15) is 5.26 Å². The molecule has 3 heteroatoms. The van der Waals surface area contributed by atoms with Gasteiger partial charge in [-0.3, -0.25) is 0 Å². The molecule has 0 radical (unpaired) electrons. The molecule has 0 unspecified atom stereocenters. The van der Waals surface area contributed by atoms with Crippen LogP contribution >= 0.6 is 11.6 Å². The maximum Gasteiger partial charge on any atom is 0.131 e. The van der Waals surface area contributed by atoms with E-state index in [9.17, 15) is 4.39 Å². The van der Waals surface area contributed by atoms with E-state index in [0.29, 0.717) is 10.6 Å². The number of hydrogen-bond acceptors (Lipinski definition) is 1. The zero-order valence-corrected chi connectivity index (χ0v) is 10.2. The number of allylic oxidation sites excluding steroid dienone is 1. The van der Waals surface area contributed by atoms with Gasteiger partial charge in [0.25, 0.3) is 0 Å². The van der Waals surface area contributed by atoms with Crippen LogP contribution in [0, 0.1) is 17.1 Å². The van der Waals surface area contributed by atoms with Gasteiger partial charge in [0.2, 0.25) is 0 Å². The lowest BCUT2D eigenvalue weighted by Gasteiger charge is -2.02. The Hall–Kier alpha value is -2.11. The van der Waals surface area contributed by atoms with E-state index in [1.54, 1.807) is 42.5 Å². The van der Waals surface area contributed by atoms with Crippen LogP contribution < -0.4 is 0 Å². The van der Waals surface area contributed by atoms with Crippen LogP contribution in [-0.4, -0.2) is 0 Å². The van der Waals surface area contributed by atoms with Crippen molar-refractivity contribution in [3.8, 4) is 6.07 Å². The van der Waals surface area contributed by atoms with Crippen molar-refractivity contribution < 1.29 is 4.39 Å². The molecule has 0 heterocycles. The van der Waals surface area contributed by atoms with Crippen LogP contribution in [0.15, 0.2) is 48.5 Å². The number of hydrogen-bond donors (Lipinski definition) is 0. The van der Waals surface area contributed by atoms with Crippen molar-refractivity contribution >= 4 is 23.3 Å². The lowest BCUT2D eigenvalue weighted by atomic mass is 10.0. The van der Waals surface area contributed by atoms with E-state index in [-0.39, 0.29) is 11.1 Å². The van der Waals surface area contributed by atoms with E-state index < -0.39 is 5.82 Å². The van der Waals surface area contributed by atoms with Gasteiger partial charge in [0.15, 0.2) is 0 Å². The van der Waals surface area contributed by atoms with E-state index in [1.807, 2.05) is 12.1 Å². The van der Waals surface area contributed by atoms with Crippen LogP contribution in [0.5, 0.6) is 0 Å². The molecule has 0 fully saturated rings. The lowest BCUT2D eigenvalue weighted by Crippen LogP contribution is -1.87. The van der Waals surface area contributed by atoms with E-state index in [0.717, 1.165) is 0 Å². The number of nitrogens with zero attached hydrogens (tertiary/aromatic N) is 1. The molecule has 88 valence electrons. The molecule has 0 saturated heterocycles. The predicted molar refractivity (Wildman–Crippen MR) is 71.3 cm³/mol. The van der Waals surface area contributed by atoms with Crippen LogP contribution in [0.25, 0.3) is 11.6 Å². The summed E-state index contributed by atoms with van der Waals surface area (Å²) in [5, 5.41) is 9.66. The summed E-state index contributed by atoms with van der Waals surface area (Å²) in [5.41, 5.74) is 1.22. The summed E-state index contributed by atoms with van der Waals surface area (Å²) < 4.78 is 13.6. The highest BCUT2D eigenvalue weighted by molar-refractivity contribution is 6.32. The van der Waals surface area contributed by atoms with Gasteiger partial charge in [-0.25, -0.2) is 4.39 Å². The van der Waals surface area contributed by atoms with Crippen LogP contribution in [0.1, 0.15) is 11.1 Å². The Kier molecular flexibility index (Phi) is 3.76. The monoisotopic (exact) mass is 257 g/mol. The Morgan fingerprint density at radius 3 is 2.44 bits per heavy atom.